The maximum atomic E-state index is 12.3. The maximum absolute atomic E-state index is 12.3. The van der Waals surface area contributed by atoms with E-state index in [4.69, 9.17) is 0 Å². The standard InChI is InChI=1S/C22H23N7O/c1-15-10-17(5-4-16(15)6-7-21(30)18-11-24-28(2)13-18)20-8-9-23-22(27-20)26-19-12-25-29(3)14-19/h4-5,8-14H,6-7H2,1-3H3,(H,23,26,27). The topological polar surface area (TPSA) is 90.5 Å². The lowest BCUT2D eigenvalue weighted by molar-refractivity contribution is 0.0982. The molecule has 0 atom stereocenters. The zero-order chi connectivity index (χ0) is 21.1. The van der Waals surface area contributed by atoms with Gasteiger partial charge in [-0.15, -0.1) is 0 Å². The van der Waals surface area contributed by atoms with E-state index in [1.165, 1.54) is 0 Å². The van der Waals surface area contributed by atoms with Gasteiger partial charge in [-0.3, -0.25) is 14.2 Å². The zero-order valence-corrected chi connectivity index (χ0v) is 17.2. The Bertz CT molecular complexity index is 1190. The van der Waals surface area contributed by atoms with E-state index in [9.17, 15) is 4.79 Å². The minimum atomic E-state index is 0.105. The summed E-state index contributed by atoms with van der Waals surface area (Å²) in [5, 5.41) is 11.4. The van der Waals surface area contributed by atoms with Gasteiger partial charge in [0.25, 0.3) is 0 Å². The number of ketones is 1. The highest BCUT2D eigenvalue weighted by Gasteiger charge is 2.11. The molecule has 30 heavy (non-hydrogen) atoms. The summed E-state index contributed by atoms with van der Waals surface area (Å²) in [4.78, 5) is 21.2. The van der Waals surface area contributed by atoms with Gasteiger partial charge in [-0.2, -0.15) is 10.2 Å². The number of carbonyl (C=O) groups is 1. The first-order chi connectivity index (χ1) is 14.5. The Balaban J connectivity index is 1.46. The molecule has 8 nitrogen and oxygen atoms in total. The predicted molar refractivity (Wildman–Crippen MR) is 115 cm³/mol. The molecule has 3 heterocycles. The molecule has 0 saturated heterocycles. The molecule has 0 saturated carbocycles. The fraction of sp³-hybridized carbons (Fsp3) is 0.227. The third-order valence-electron chi connectivity index (χ3n) is 4.90. The van der Waals surface area contributed by atoms with Crippen LogP contribution in [0.4, 0.5) is 11.6 Å². The summed E-state index contributed by atoms with van der Waals surface area (Å²) in [6.45, 7) is 2.06. The van der Waals surface area contributed by atoms with Gasteiger partial charge in [0.1, 0.15) is 0 Å². The van der Waals surface area contributed by atoms with Gasteiger partial charge in [-0.1, -0.05) is 12.1 Å². The van der Waals surface area contributed by atoms with Gasteiger partial charge in [0.05, 0.1) is 29.3 Å². The van der Waals surface area contributed by atoms with E-state index in [0.29, 0.717) is 24.4 Å². The first-order valence-corrected chi connectivity index (χ1v) is 9.68. The van der Waals surface area contributed by atoms with Crippen LogP contribution >= 0.6 is 0 Å². The molecule has 152 valence electrons. The van der Waals surface area contributed by atoms with Crippen LogP contribution in [-0.4, -0.2) is 35.3 Å². The summed E-state index contributed by atoms with van der Waals surface area (Å²) in [6.07, 6.45) is 9.84. The van der Waals surface area contributed by atoms with Gasteiger partial charge in [0.15, 0.2) is 5.78 Å². The van der Waals surface area contributed by atoms with Crippen molar-refractivity contribution in [3.63, 3.8) is 0 Å². The van der Waals surface area contributed by atoms with Crippen LogP contribution in [0.1, 0.15) is 27.9 Å². The number of rotatable bonds is 7. The van der Waals surface area contributed by atoms with Gasteiger partial charge in [-0.05, 0) is 36.6 Å². The lowest BCUT2D eigenvalue weighted by Gasteiger charge is -2.09. The van der Waals surface area contributed by atoms with Gasteiger partial charge in [0, 0.05) is 44.7 Å². The third-order valence-corrected chi connectivity index (χ3v) is 4.90. The Hall–Kier alpha value is -3.81. The van der Waals surface area contributed by atoms with Crippen LogP contribution in [0.3, 0.4) is 0 Å². The first-order valence-electron chi connectivity index (χ1n) is 9.68. The van der Waals surface area contributed by atoms with E-state index in [0.717, 1.165) is 28.1 Å². The molecule has 0 amide bonds. The van der Waals surface area contributed by atoms with Crippen molar-refractivity contribution in [2.75, 3.05) is 5.32 Å². The number of carbonyl (C=O) groups excluding carboxylic acids is 1. The largest absolute Gasteiger partial charge is 0.321 e. The molecule has 0 fully saturated rings. The normalized spacial score (nSPS) is 10.9. The molecular weight excluding hydrogens is 378 g/mol. The van der Waals surface area contributed by atoms with Crippen LogP contribution in [0.2, 0.25) is 0 Å². The van der Waals surface area contributed by atoms with Crippen LogP contribution in [0, 0.1) is 6.92 Å². The molecule has 4 aromatic rings. The Morgan fingerprint density at radius 2 is 1.87 bits per heavy atom. The van der Waals surface area contributed by atoms with E-state index >= 15 is 0 Å². The van der Waals surface area contributed by atoms with Crippen LogP contribution in [0.5, 0.6) is 0 Å². The minimum Gasteiger partial charge on any atom is -0.321 e. The average Bonchev–Trinajstić information content (AvgIpc) is 3.35. The summed E-state index contributed by atoms with van der Waals surface area (Å²) in [6, 6.07) is 8.08. The van der Waals surface area contributed by atoms with Crippen molar-refractivity contribution in [3.05, 3.63) is 71.9 Å². The number of anilines is 2. The Labute approximate surface area is 174 Å². The third kappa shape index (κ3) is 4.43. The van der Waals surface area contributed by atoms with Gasteiger partial charge in [0.2, 0.25) is 5.95 Å². The van der Waals surface area contributed by atoms with Gasteiger partial charge in [-0.25, -0.2) is 9.97 Å². The lowest BCUT2D eigenvalue weighted by Crippen LogP contribution is -2.01. The van der Waals surface area contributed by atoms with E-state index in [1.54, 1.807) is 34.2 Å². The molecule has 4 rings (SSSR count). The second kappa shape index (κ2) is 8.28. The highest BCUT2D eigenvalue weighted by molar-refractivity contribution is 5.95. The number of nitrogens with zero attached hydrogens (tertiary/aromatic N) is 6. The van der Waals surface area contributed by atoms with Crippen LogP contribution in [0.25, 0.3) is 11.3 Å². The lowest BCUT2D eigenvalue weighted by atomic mass is 9.98. The number of hydrogen-bond acceptors (Lipinski definition) is 6. The Morgan fingerprint density at radius 1 is 1.07 bits per heavy atom. The smallest absolute Gasteiger partial charge is 0.227 e. The summed E-state index contributed by atoms with van der Waals surface area (Å²) < 4.78 is 3.36. The molecule has 0 spiro atoms. The first kappa shape index (κ1) is 19.5. The Morgan fingerprint density at radius 3 is 2.57 bits per heavy atom. The number of hydrogen-bond donors (Lipinski definition) is 1. The zero-order valence-electron chi connectivity index (χ0n) is 17.2. The highest BCUT2D eigenvalue weighted by atomic mass is 16.1. The fourth-order valence-electron chi connectivity index (χ4n) is 3.29. The molecule has 3 aromatic heterocycles. The van der Waals surface area contributed by atoms with E-state index in [2.05, 4.69) is 44.5 Å². The van der Waals surface area contributed by atoms with Crippen LogP contribution in [-0.2, 0) is 20.5 Å². The second-order valence-electron chi connectivity index (χ2n) is 7.26. The molecule has 0 bridgehead atoms. The number of aromatic nitrogens is 6. The van der Waals surface area contributed by atoms with Crippen molar-refractivity contribution < 1.29 is 4.79 Å². The predicted octanol–water partition coefficient (Wildman–Crippen LogP) is 3.48. The molecule has 0 aliphatic rings. The van der Waals surface area contributed by atoms with Crippen molar-refractivity contribution in [1.29, 1.82) is 0 Å². The monoisotopic (exact) mass is 401 g/mol. The fourth-order valence-corrected chi connectivity index (χ4v) is 3.29. The number of aryl methyl sites for hydroxylation is 4. The van der Waals surface area contributed by atoms with Crippen molar-refractivity contribution in [2.45, 2.75) is 19.8 Å². The maximum Gasteiger partial charge on any atom is 0.227 e. The summed E-state index contributed by atoms with van der Waals surface area (Å²) in [7, 11) is 3.67. The van der Waals surface area contributed by atoms with Crippen molar-refractivity contribution in [3.8, 4) is 11.3 Å². The van der Waals surface area contributed by atoms with Gasteiger partial charge >= 0.3 is 0 Å². The van der Waals surface area contributed by atoms with E-state index < -0.39 is 0 Å². The Kier molecular flexibility index (Phi) is 5.38. The number of nitrogens with one attached hydrogen (secondary N) is 1. The SMILES string of the molecule is Cc1cc(-c2ccnc(Nc3cnn(C)c3)n2)ccc1CCC(=O)c1cnn(C)c1. The molecule has 0 radical (unpaired) electrons. The van der Waals surface area contributed by atoms with E-state index in [1.807, 2.05) is 32.4 Å². The highest BCUT2D eigenvalue weighted by Crippen LogP contribution is 2.23. The summed E-state index contributed by atoms with van der Waals surface area (Å²) in [5.41, 5.74) is 5.61. The van der Waals surface area contributed by atoms with Gasteiger partial charge < -0.3 is 5.32 Å². The second-order valence-corrected chi connectivity index (χ2v) is 7.26. The van der Waals surface area contributed by atoms with E-state index in [-0.39, 0.29) is 5.78 Å². The molecule has 1 N–H and O–H groups in total. The minimum absolute atomic E-state index is 0.105. The average molecular weight is 401 g/mol. The van der Waals surface area contributed by atoms with Crippen molar-refractivity contribution in [1.82, 2.24) is 29.5 Å². The van der Waals surface area contributed by atoms with Crippen LogP contribution in [0.15, 0.2) is 55.2 Å². The quantitative estimate of drug-likeness (QED) is 0.477. The molecular formula is C22H23N7O. The number of Topliss-reactive ketones (excluding diaryl/α,β-unsaturated/α-hetero) is 1. The summed E-state index contributed by atoms with van der Waals surface area (Å²) in [5.74, 6) is 0.623. The van der Waals surface area contributed by atoms with Crippen LogP contribution < -0.4 is 5.32 Å². The molecule has 0 unspecified atom stereocenters. The molecule has 0 aliphatic heterocycles. The number of benzene rings is 1. The van der Waals surface area contributed by atoms with Crippen molar-refractivity contribution >= 4 is 17.4 Å². The molecule has 0 aliphatic carbocycles. The molecule has 8 heteroatoms. The summed E-state index contributed by atoms with van der Waals surface area (Å²) >= 11 is 0. The van der Waals surface area contributed by atoms with Crippen molar-refractivity contribution in [2.24, 2.45) is 14.1 Å². The molecule has 1 aromatic carbocycles.